The van der Waals surface area contributed by atoms with Gasteiger partial charge in [-0.05, 0) is 66.2 Å². The number of rotatable bonds is 6. The van der Waals surface area contributed by atoms with E-state index in [1.54, 1.807) is 30.6 Å². The first kappa shape index (κ1) is 19.1. The zero-order chi connectivity index (χ0) is 19.5. The molecule has 1 amide bonds. The Labute approximate surface area is 174 Å². The molecule has 9 heteroatoms. The summed E-state index contributed by atoms with van der Waals surface area (Å²) in [6.45, 7) is 1.32. The average Bonchev–Trinajstić information content (AvgIpc) is 3.32. The van der Waals surface area contributed by atoms with Gasteiger partial charge in [-0.25, -0.2) is 9.87 Å². The van der Waals surface area contributed by atoms with Crippen molar-refractivity contribution in [2.45, 2.75) is 18.9 Å². The number of anilines is 2. The van der Waals surface area contributed by atoms with Gasteiger partial charge < -0.3 is 15.1 Å². The first-order chi connectivity index (χ1) is 13.6. The molecule has 0 saturated carbocycles. The van der Waals surface area contributed by atoms with E-state index in [0.29, 0.717) is 23.3 Å². The Bertz CT molecular complexity index is 1000. The van der Waals surface area contributed by atoms with Crippen molar-refractivity contribution in [1.29, 1.82) is 0 Å². The van der Waals surface area contributed by atoms with Crippen molar-refractivity contribution < 1.29 is 18.4 Å². The summed E-state index contributed by atoms with van der Waals surface area (Å²) in [7, 11) is 0. The third kappa shape index (κ3) is 4.10. The highest BCUT2D eigenvalue weighted by molar-refractivity contribution is 14.1. The van der Waals surface area contributed by atoms with Gasteiger partial charge in [0.2, 0.25) is 5.76 Å². The summed E-state index contributed by atoms with van der Waals surface area (Å²) in [5.41, 5.74) is 3.44. The molecule has 0 spiro atoms. The number of hydrogen-bond acceptors (Lipinski definition) is 6. The molecular weight excluding hydrogens is 478 g/mol. The van der Waals surface area contributed by atoms with Gasteiger partial charge in [0.1, 0.15) is 17.1 Å². The Morgan fingerprint density at radius 3 is 3.11 bits per heavy atom. The topological polar surface area (TPSA) is 88.4 Å². The molecule has 0 unspecified atom stereocenters. The van der Waals surface area contributed by atoms with Crippen LogP contribution >= 0.6 is 22.6 Å². The van der Waals surface area contributed by atoms with Gasteiger partial charge in [0, 0.05) is 22.0 Å². The van der Waals surface area contributed by atoms with Crippen molar-refractivity contribution in [3.05, 3.63) is 51.8 Å². The van der Waals surface area contributed by atoms with E-state index in [-0.39, 0.29) is 17.5 Å². The third-order valence-corrected chi connectivity index (χ3v) is 5.17. The summed E-state index contributed by atoms with van der Waals surface area (Å²) in [6, 6.07) is 6.64. The van der Waals surface area contributed by atoms with Crippen LogP contribution in [0, 0.1) is 9.39 Å². The molecule has 1 atom stereocenters. The van der Waals surface area contributed by atoms with Gasteiger partial charge in [0.25, 0.3) is 0 Å². The van der Waals surface area contributed by atoms with Crippen molar-refractivity contribution >= 4 is 50.8 Å². The molecule has 1 fully saturated rings. The second-order valence-corrected chi connectivity index (χ2v) is 7.71. The van der Waals surface area contributed by atoms with E-state index in [4.69, 9.17) is 9.25 Å². The van der Waals surface area contributed by atoms with Crippen molar-refractivity contribution in [2.24, 2.45) is 0 Å². The monoisotopic (exact) mass is 496 g/mol. The quantitative estimate of drug-likeness (QED) is 0.356. The Morgan fingerprint density at radius 2 is 2.32 bits per heavy atom. The highest BCUT2D eigenvalue weighted by Gasteiger charge is 2.23. The highest BCUT2D eigenvalue weighted by Crippen LogP contribution is 2.33. The summed E-state index contributed by atoms with van der Waals surface area (Å²) >= 11 is 2.03. The Hall–Kier alpha value is -2.24. The van der Waals surface area contributed by atoms with Gasteiger partial charge >= 0.3 is 5.91 Å². The maximum absolute atomic E-state index is 14.3. The number of aromatic nitrogens is 1. The average molecular weight is 496 g/mol. The van der Waals surface area contributed by atoms with Gasteiger partial charge in [0.05, 0.1) is 17.7 Å². The van der Waals surface area contributed by atoms with Crippen LogP contribution in [0.2, 0.25) is 0 Å². The van der Waals surface area contributed by atoms with E-state index in [1.807, 2.05) is 22.6 Å². The smallest absolute Gasteiger partial charge is 0.312 e. The van der Waals surface area contributed by atoms with Crippen LogP contribution in [-0.4, -0.2) is 30.1 Å². The summed E-state index contributed by atoms with van der Waals surface area (Å²) in [5.74, 6) is -0.983. The van der Waals surface area contributed by atoms with Crippen LogP contribution in [-0.2, 0) is 4.84 Å². The van der Waals surface area contributed by atoms with Crippen LogP contribution in [0.1, 0.15) is 23.4 Å². The van der Waals surface area contributed by atoms with Crippen LogP contribution in [0.5, 0.6) is 0 Å². The van der Waals surface area contributed by atoms with Crippen LogP contribution in [0.25, 0.3) is 11.0 Å². The second-order valence-electron chi connectivity index (χ2n) is 6.46. The number of carbonyl (C=O) groups excluding carboxylic acids is 1. The number of benzene rings is 1. The minimum atomic E-state index is -0.553. The Morgan fingerprint density at radius 1 is 1.43 bits per heavy atom. The van der Waals surface area contributed by atoms with Crippen LogP contribution in [0.4, 0.5) is 15.8 Å². The van der Waals surface area contributed by atoms with Crippen LogP contribution < -0.4 is 16.1 Å². The largest absolute Gasteiger partial charge is 0.448 e. The van der Waals surface area contributed by atoms with Crippen molar-refractivity contribution in [3.63, 3.8) is 0 Å². The molecule has 0 aliphatic carbocycles. The normalized spacial score (nSPS) is 16.4. The fraction of sp³-hybridized carbons (Fsp3) is 0.263. The molecule has 3 aromatic rings. The van der Waals surface area contributed by atoms with Crippen molar-refractivity contribution in [1.82, 2.24) is 15.8 Å². The van der Waals surface area contributed by atoms with Gasteiger partial charge in [-0.2, -0.15) is 0 Å². The maximum Gasteiger partial charge on any atom is 0.312 e. The Balaban J connectivity index is 1.58. The number of halogens is 2. The molecule has 2 aromatic heterocycles. The molecule has 1 aromatic carbocycles. The summed E-state index contributed by atoms with van der Waals surface area (Å²) in [5, 5.41) is 6.82. The molecule has 0 bridgehead atoms. The zero-order valence-electron chi connectivity index (χ0n) is 14.8. The fourth-order valence-corrected chi connectivity index (χ4v) is 3.56. The summed E-state index contributed by atoms with van der Waals surface area (Å²) < 4.78 is 20.8. The fourth-order valence-electron chi connectivity index (χ4n) is 3.10. The molecule has 146 valence electrons. The number of fused-ring (bicyclic) bond motifs is 1. The lowest BCUT2D eigenvalue weighted by atomic mass is 10.2. The SMILES string of the molecule is O=C(NOC[C@@H]1CCCN1)c1oc2ccncc2c1Nc1ccc(I)cc1F. The van der Waals surface area contributed by atoms with Gasteiger partial charge in [-0.1, -0.05) is 0 Å². The van der Waals surface area contributed by atoms with Gasteiger partial charge in [-0.15, -0.1) is 0 Å². The first-order valence-corrected chi connectivity index (χ1v) is 9.94. The predicted octanol–water partition coefficient (Wildman–Crippen LogP) is 3.73. The number of carbonyl (C=O) groups is 1. The number of nitrogens with one attached hydrogen (secondary N) is 3. The highest BCUT2D eigenvalue weighted by atomic mass is 127. The third-order valence-electron chi connectivity index (χ3n) is 4.50. The van der Waals surface area contributed by atoms with E-state index in [2.05, 4.69) is 21.1 Å². The number of pyridine rings is 1. The standard InChI is InChI=1S/C19H18FIN4O3/c20-14-8-11(21)3-4-15(14)24-17-13-9-22-7-5-16(13)28-18(17)19(26)25-27-10-12-2-1-6-23-12/h3-5,7-9,12,23-24H,1-2,6,10H2,(H,25,26)/t12-/m0/s1. The minimum Gasteiger partial charge on any atom is -0.448 e. The Kier molecular flexibility index (Phi) is 5.74. The van der Waals surface area contributed by atoms with E-state index < -0.39 is 11.7 Å². The molecule has 3 N–H and O–H groups in total. The van der Waals surface area contributed by atoms with E-state index in [1.165, 1.54) is 6.07 Å². The summed E-state index contributed by atoms with van der Waals surface area (Å²) in [4.78, 5) is 22.0. The van der Waals surface area contributed by atoms with Crippen molar-refractivity contribution in [3.8, 4) is 0 Å². The second kappa shape index (κ2) is 8.41. The number of amides is 1. The molecule has 7 nitrogen and oxygen atoms in total. The van der Waals surface area contributed by atoms with Gasteiger partial charge in [-0.3, -0.25) is 14.6 Å². The molecule has 1 aliphatic rings. The lowest BCUT2D eigenvalue weighted by Gasteiger charge is -2.11. The lowest BCUT2D eigenvalue weighted by Crippen LogP contribution is -2.33. The van der Waals surface area contributed by atoms with Gasteiger partial charge in [0.15, 0.2) is 0 Å². The summed E-state index contributed by atoms with van der Waals surface area (Å²) in [6.07, 6.45) is 5.22. The van der Waals surface area contributed by atoms with E-state index in [9.17, 15) is 9.18 Å². The maximum atomic E-state index is 14.3. The van der Waals surface area contributed by atoms with E-state index in [0.717, 1.165) is 23.0 Å². The van der Waals surface area contributed by atoms with Crippen LogP contribution in [0.15, 0.2) is 41.1 Å². The number of furan rings is 1. The molecule has 4 rings (SSSR count). The van der Waals surface area contributed by atoms with Crippen molar-refractivity contribution in [2.75, 3.05) is 18.5 Å². The molecule has 1 saturated heterocycles. The molecule has 3 heterocycles. The first-order valence-electron chi connectivity index (χ1n) is 8.86. The number of hydroxylamine groups is 1. The number of hydrogen-bond donors (Lipinski definition) is 3. The number of nitrogens with zero attached hydrogens (tertiary/aromatic N) is 1. The van der Waals surface area contributed by atoms with E-state index >= 15 is 0 Å². The molecule has 1 aliphatic heterocycles. The van der Waals surface area contributed by atoms with Crippen LogP contribution in [0.3, 0.4) is 0 Å². The predicted molar refractivity (Wildman–Crippen MR) is 111 cm³/mol. The zero-order valence-corrected chi connectivity index (χ0v) is 17.0. The minimum absolute atomic E-state index is 0.000307. The molecule has 28 heavy (non-hydrogen) atoms. The lowest BCUT2D eigenvalue weighted by molar-refractivity contribution is 0.0224. The molecule has 0 radical (unpaired) electrons. The molecular formula is C19H18FIN4O3.